The van der Waals surface area contributed by atoms with Crippen molar-refractivity contribution < 1.29 is 9.26 Å². The summed E-state index contributed by atoms with van der Waals surface area (Å²) in [6.45, 7) is 3.54. The van der Waals surface area contributed by atoms with Crippen molar-refractivity contribution in [3.05, 3.63) is 35.5 Å². The highest BCUT2D eigenvalue weighted by atomic mass is 16.5. The van der Waals surface area contributed by atoms with Gasteiger partial charge in [0.05, 0.1) is 11.9 Å². The Morgan fingerprint density at radius 3 is 3.11 bits per heavy atom. The fraction of sp³-hybridized carbons (Fsp3) is 0.538. The molecule has 3 rings (SSSR count). The van der Waals surface area contributed by atoms with Crippen molar-refractivity contribution >= 4 is 0 Å². The molecule has 19 heavy (non-hydrogen) atoms. The lowest BCUT2D eigenvalue weighted by Gasteiger charge is -2.19. The molecule has 2 aromatic rings. The van der Waals surface area contributed by atoms with E-state index in [9.17, 15) is 0 Å². The van der Waals surface area contributed by atoms with Crippen molar-refractivity contribution in [3.63, 3.8) is 0 Å². The summed E-state index contributed by atoms with van der Waals surface area (Å²) in [4.78, 5) is 0. The molecule has 1 saturated heterocycles. The van der Waals surface area contributed by atoms with Crippen molar-refractivity contribution in [2.75, 3.05) is 6.61 Å². The van der Waals surface area contributed by atoms with Crippen molar-refractivity contribution in [1.82, 2.24) is 20.3 Å². The lowest BCUT2D eigenvalue weighted by Crippen LogP contribution is -2.31. The number of aryl methyl sites for hydroxylation is 1. The summed E-state index contributed by atoms with van der Waals surface area (Å²) in [7, 11) is 1.95. The van der Waals surface area contributed by atoms with E-state index in [-0.39, 0.29) is 6.10 Å². The standard InChI is InChI=1S/C13H18N4O2/c1-9-11(8-15-17(9)2)13-12(4-5-18-13)14-7-10-3-6-19-16-10/h3,6,8,12-14H,4-5,7H2,1-2H3/t12-,13+/m0/s1. The molecule has 0 aliphatic carbocycles. The topological polar surface area (TPSA) is 65.1 Å². The molecule has 0 spiro atoms. The second-order valence-corrected chi connectivity index (χ2v) is 4.87. The fourth-order valence-electron chi connectivity index (χ4n) is 2.46. The molecule has 1 aliphatic heterocycles. The minimum Gasteiger partial charge on any atom is -0.372 e. The number of hydrogen-bond donors (Lipinski definition) is 1. The van der Waals surface area contributed by atoms with Crippen LogP contribution in [0.1, 0.15) is 29.5 Å². The molecular weight excluding hydrogens is 244 g/mol. The van der Waals surface area contributed by atoms with E-state index >= 15 is 0 Å². The molecule has 0 radical (unpaired) electrons. The monoisotopic (exact) mass is 262 g/mol. The largest absolute Gasteiger partial charge is 0.372 e. The van der Waals surface area contributed by atoms with Crippen molar-refractivity contribution in [2.45, 2.75) is 32.0 Å². The molecule has 0 aromatic carbocycles. The Kier molecular flexibility index (Phi) is 3.35. The van der Waals surface area contributed by atoms with E-state index in [1.165, 1.54) is 0 Å². The Bertz CT molecular complexity index is 535. The van der Waals surface area contributed by atoms with Gasteiger partial charge in [-0.1, -0.05) is 5.16 Å². The van der Waals surface area contributed by atoms with Crippen molar-refractivity contribution in [3.8, 4) is 0 Å². The van der Waals surface area contributed by atoms with Gasteiger partial charge in [0, 0.05) is 43.6 Å². The predicted molar refractivity (Wildman–Crippen MR) is 68.4 cm³/mol. The molecule has 2 atom stereocenters. The smallest absolute Gasteiger partial charge is 0.124 e. The van der Waals surface area contributed by atoms with Crippen LogP contribution < -0.4 is 5.32 Å². The normalized spacial score (nSPS) is 23.1. The highest BCUT2D eigenvalue weighted by Crippen LogP contribution is 2.31. The van der Waals surface area contributed by atoms with E-state index < -0.39 is 0 Å². The first-order valence-electron chi connectivity index (χ1n) is 6.48. The zero-order valence-corrected chi connectivity index (χ0v) is 11.2. The van der Waals surface area contributed by atoms with Gasteiger partial charge in [0.2, 0.25) is 0 Å². The Balaban J connectivity index is 1.69. The summed E-state index contributed by atoms with van der Waals surface area (Å²) < 4.78 is 12.6. The molecule has 1 fully saturated rings. The Morgan fingerprint density at radius 2 is 2.42 bits per heavy atom. The molecule has 0 amide bonds. The highest BCUT2D eigenvalue weighted by Gasteiger charge is 2.31. The van der Waals surface area contributed by atoms with Crippen LogP contribution in [0.15, 0.2) is 23.0 Å². The fourth-order valence-corrected chi connectivity index (χ4v) is 2.46. The molecule has 1 N–H and O–H groups in total. The summed E-state index contributed by atoms with van der Waals surface area (Å²) in [6.07, 6.45) is 4.55. The van der Waals surface area contributed by atoms with E-state index in [2.05, 4.69) is 22.5 Å². The second-order valence-electron chi connectivity index (χ2n) is 4.87. The SMILES string of the molecule is Cc1c([C@H]2OCC[C@@H]2NCc2ccon2)cnn1C. The Labute approximate surface area is 111 Å². The molecule has 0 saturated carbocycles. The van der Waals surface area contributed by atoms with Gasteiger partial charge in [0.1, 0.15) is 12.4 Å². The summed E-state index contributed by atoms with van der Waals surface area (Å²) in [5.74, 6) is 0. The number of aromatic nitrogens is 3. The molecular formula is C13H18N4O2. The van der Waals surface area contributed by atoms with Gasteiger partial charge in [-0.3, -0.25) is 4.68 Å². The van der Waals surface area contributed by atoms with Gasteiger partial charge in [-0.05, 0) is 13.3 Å². The van der Waals surface area contributed by atoms with E-state index in [0.29, 0.717) is 12.6 Å². The third-order valence-electron chi connectivity index (χ3n) is 3.71. The first kappa shape index (κ1) is 12.4. The summed E-state index contributed by atoms with van der Waals surface area (Å²) in [5.41, 5.74) is 3.23. The maximum atomic E-state index is 5.86. The van der Waals surface area contributed by atoms with Gasteiger partial charge in [0.15, 0.2) is 0 Å². The first-order valence-corrected chi connectivity index (χ1v) is 6.48. The van der Waals surface area contributed by atoms with Crippen LogP contribution in [0.3, 0.4) is 0 Å². The number of rotatable bonds is 4. The minimum absolute atomic E-state index is 0.0700. The van der Waals surface area contributed by atoms with Crippen LogP contribution in [0.5, 0.6) is 0 Å². The molecule has 6 heteroatoms. The zero-order chi connectivity index (χ0) is 13.2. The van der Waals surface area contributed by atoms with Crippen LogP contribution >= 0.6 is 0 Å². The number of nitrogens with zero attached hydrogens (tertiary/aromatic N) is 3. The summed E-state index contributed by atoms with van der Waals surface area (Å²) >= 11 is 0. The van der Waals surface area contributed by atoms with Crippen LogP contribution in [0, 0.1) is 6.92 Å². The Morgan fingerprint density at radius 1 is 1.53 bits per heavy atom. The lowest BCUT2D eigenvalue weighted by atomic mass is 10.0. The maximum Gasteiger partial charge on any atom is 0.124 e. The quantitative estimate of drug-likeness (QED) is 0.900. The van der Waals surface area contributed by atoms with E-state index in [0.717, 1.165) is 30.0 Å². The molecule has 2 aromatic heterocycles. The van der Waals surface area contributed by atoms with Gasteiger partial charge in [-0.25, -0.2) is 0 Å². The zero-order valence-electron chi connectivity index (χ0n) is 11.2. The van der Waals surface area contributed by atoms with Gasteiger partial charge in [0.25, 0.3) is 0 Å². The van der Waals surface area contributed by atoms with Crippen LogP contribution in [0.25, 0.3) is 0 Å². The average molecular weight is 262 g/mol. The van der Waals surface area contributed by atoms with Crippen molar-refractivity contribution in [1.29, 1.82) is 0 Å². The van der Waals surface area contributed by atoms with E-state index in [1.807, 2.05) is 24.0 Å². The molecule has 3 heterocycles. The van der Waals surface area contributed by atoms with Gasteiger partial charge >= 0.3 is 0 Å². The predicted octanol–water partition coefficient (Wildman–Crippen LogP) is 1.34. The maximum absolute atomic E-state index is 5.86. The molecule has 0 unspecified atom stereocenters. The molecule has 0 bridgehead atoms. The lowest BCUT2D eigenvalue weighted by molar-refractivity contribution is 0.0978. The summed E-state index contributed by atoms with van der Waals surface area (Å²) in [6, 6.07) is 2.16. The molecule has 6 nitrogen and oxygen atoms in total. The van der Waals surface area contributed by atoms with Crippen LogP contribution in [-0.2, 0) is 18.3 Å². The van der Waals surface area contributed by atoms with Crippen LogP contribution in [0.4, 0.5) is 0 Å². The van der Waals surface area contributed by atoms with Gasteiger partial charge in [-0.15, -0.1) is 0 Å². The number of nitrogens with one attached hydrogen (secondary N) is 1. The molecule has 1 aliphatic rings. The van der Waals surface area contributed by atoms with Crippen LogP contribution in [0.2, 0.25) is 0 Å². The first-order chi connectivity index (χ1) is 9.25. The number of hydrogen-bond acceptors (Lipinski definition) is 5. The third-order valence-corrected chi connectivity index (χ3v) is 3.71. The van der Waals surface area contributed by atoms with E-state index in [1.54, 1.807) is 6.26 Å². The summed E-state index contributed by atoms with van der Waals surface area (Å²) in [5, 5.41) is 11.7. The minimum atomic E-state index is 0.0700. The average Bonchev–Trinajstić information content (AvgIpc) is 3.11. The second kappa shape index (κ2) is 5.14. The molecule has 102 valence electrons. The number of ether oxygens (including phenoxy) is 1. The third kappa shape index (κ3) is 2.41. The van der Waals surface area contributed by atoms with Gasteiger partial charge < -0.3 is 14.6 Å². The van der Waals surface area contributed by atoms with Gasteiger partial charge in [-0.2, -0.15) is 5.10 Å². The van der Waals surface area contributed by atoms with E-state index in [4.69, 9.17) is 9.26 Å². The van der Waals surface area contributed by atoms with Crippen molar-refractivity contribution in [2.24, 2.45) is 7.05 Å². The Hall–Kier alpha value is -1.66. The highest BCUT2D eigenvalue weighted by molar-refractivity contribution is 5.22. The van der Waals surface area contributed by atoms with Crippen LogP contribution in [-0.4, -0.2) is 27.6 Å².